The van der Waals surface area contributed by atoms with Crippen molar-refractivity contribution in [2.75, 3.05) is 27.2 Å². The predicted octanol–water partition coefficient (Wildman–Crippen LogP) is 2.19. The van der Waals surface area contributed by atoms with Crippen LogP contribution in [0.5, 0.6) is 0 Å². The molecule has 0 saturated heterocycles. The summed E-state index contributed by atoms with van der Waals surface area (Å²) >= 11 is 0. The van der Waals surface area contributed by atoms with Crippen molar-refractivity contribution in [3.05, 3.63) is 35.9 Å². The summed E-state index contributed by atoms with van der Waals surface area (Å²) in [5, 5.41) is 5.69. The van der Waals surface area contributed by atoms with Gasteiger partial charge < -0.3 is 15.5 Å². The van der Waals surface area contributed by atoms with Gasteiger partial charge in [-0.3, -0.25) is 9.59 Å². The average Bonchev–Trinajstić information content (AvgIpc) is 2.85. The molecule has 0 radical (unpaired) electrons. The second kappa shape index (κ2) is 8.83. The molecule has 1 aliphatic carbocycles. The first kappa shape index (κ1) is 18.5. The third-order valence-corrected chi connectivity index (χ3v) is 5.04. The Bertz CT molecular complexity index is 535. The van der Waals surface area contributed by atoms with Gasteiger partial charge in [0, 0.05) is 17.6 Å². The Morgan fingerprint density at radius 1 is 1.00 bits per heavy atom. The number of carbonyl (C=O) groups is 2. The van der Waals surface area contributed by atoms with E-state index in [-0.39, 0.29) is 23.9 Å². The molecular formula is C19H29N3O2. The zero-order chi connectivity index (χ0) is 17.4. The van der Waals surface area contributed by atoms with E-state index < -0.39 is 0 Å². The topological polar surface area (TPSA) is 61.4 Å². The molecule has 1 saturated carbocycles. The van der Waals surface area contributed by atoms with Gasteiger partial charge in [-0.2, -0.15) is 0 Å². The lowest BCUT2D eigenvalue weighted by molar-refractivity contribution is -0.120. The molecule has 2 rings (SSSR count). The van der Waals surface area contributed by atoms with Gasteiger partial charge in [-0.25, -0.2) is 0 Å². The number of amides is 2. The number of likely N-dealkylation sites (N-methyl/N-ethyl adjacent to an activating group) is 1. The first-order chi connectivity index (χ1) is 11.5. The van der Waals surface area contributed by atoms with E-state index in [9.17, 15) is 9.59 Å². The van der Waals surface area contributed by atoms with Crippen LogP contribution in [-0.2, 0) is 4.79 Å². The summed E-state index contributed by atoms with van der Waals surface area (Å²) in [5.41, 5.74) is 0.606. The molecule has 5 heteroatoms. The average molecular weight is 331 g/mol. The molecule has 1 aromatic carbocycles. The highest BCUT2D eigenvalue weighted by Crippen LogP contribution is 2.30. The fourth-order valence-corrected chi connectivity index (χ4v) is 3.35. The van der Waals surface area contributed by atoms with Gasteiger partial charge in [-0.15, -0.1) is 0 Å². The molecule has 1 fully saturated rings. The largest absolute Gasteiger partial charge is 0.353 e. The highest BCUT2D eigenvalue weighted by molar-refractivity contribution is 5.96. The summed E-state index contributed by atoms with van der Waals surface area (Å²) in [6, 6.07) is 8.94. The van der Waals surface area contributed by atoms with Crippen molar-refractivity contribution in [1.82, 2.24) is 15.5 Å². The number of nitrogens with zero attached hydrogens (tertiary/aromatic N) is 1. The van der Waals surface area contributed by atoms with Gasteiger partial charge in [0.15, 0.2) is 0 Å². The number of rotatable bonds is 6. The van der Waals surface area contributed by atoms with Gasteiger partial charge in [-0.05, 0) is 39.1 Å². The third kappa shape index (κ3) is 5.06. The maximum absolute atomic E-state index is 12.1. The van der Waals surface area contributed by atoms with Gasteiger partial charge >= 0.3 is 0 Å². The van der Waals surface area contributed by atoms with Crippen molar-refractivity contribution >= 4 is 11.8 Å². The zero-order valence-electron chi connectivity index (χ0n) is 14.8. The molecule has 0 spiro atoms. The molecule has 24 heavy (non-hydrogen) atoms. The maximum atomic E-state index is 12.1. The number of hydrogen-bond donors (Lipinski definition) is 2. The Labute approximate surface area is 144 Å². The van der Waals surface area contributed by atoms with Gasteiger partial charge in [0.25, 0.3) is 5.91 Å². The monoisotopic (exact) mass is 331 g/mol. The highest BCUT2D eigenvalue weighted by Gasteiger charge is 2.33. The number of nitrogens with one attached hydrogen (secondary N) is 2. The first-order valence-corrected chi connectivity index (χ1v) is 8.81. The van der Waals surface area contributed by atoms with E-state index in [0.29, 0.717) is 12.1 Å². The van der Waals surface area contributed by atoms with Crippen LogP contribution < -0.4 is 10.6 Å². The van der Waals surface area contributed by atoms with Crippen molar-refractivity contribution in [2.45, 2.75) is 44.1 Å². The molecule has 1 aliphatic rings. The smallest absolute Gasteiger partial charge is 0.251 e. The molecule has 0 bridgehead atoms. The second-order valence-electron chi connectivity index (χ2n) is 6.86. The second-order valence-corrected chi connectivity index (χ2v) is 6.86. The summed E-state index contributed by atoms with van der Waals surface area (Å²) in [4.78, 5) is 26.4. The number of carbonyl (C=O) groups excluding carboxylic acids is 2. The molecule has 1 aromatic rings. The van der Waals surface area contributed by atoms with Crippen molar-refractivity contribution in [1.29, 1.82) is 0 Å². The van der Waals surface area contributed by atoms with Gasteiger partial charge in [0.05, 0.1) is 6.54 Å². The zero-order valence-corrected chi connectivity index (χ0v) is 14.8. The maximum Gasteiger partial charge on any atom is 0.251 e. The summed E-state index contributed by atoms with van der Waals surface area (Å²) in [6.45, 7) is 0.650. The molecular weight excluding hydrogens is 302 g/mol. The Hall–Kier alpha value is -1.88. The minimum absolute atomic E-state index is 0.0111. The molecule has 132 valence electrons. The molecule has 5 nitrogen and oxygen atoms in total. The van der Waals surface area contributed by atoms with Gasteiger partial charge in [-0.1, -0.05) is 43.9 Å². The molecule has 2 N–H and O–H groups in total. The van der Waals surface area contributed by atoms with E-state index >= 15 is 0 Å². The molecule has 0 atom stereocenters. The fourth-order valence-electron chi connectivity index (χ4n) is 3.35. The Balaban J connectivity index is 1.82. The summed E-state index contributed by atoms with van der Waals surface area (Å²) < 4.78 is 0. The predicted molar refractivity (Wildman–Crippen MR) is 95.9 cm³/mol. The Kier molecular flexibility index (Phi) is 6.79. The quantitative estimate of drug-likeness (QED) is 0.786. The molecule has 0 unspecified atom stereocenters. The first-order valence-electron chi connectivity index (χ1n) is 8.81. The van der Waals surface area contributed by atoms with Crippen LogP contribution in [0.1, 0.15) is 48.9 Å². The Morgan fingerprint density at radius 3 is 2.21 bits per heavy atom. The van der Waals surface area contributed by atoms with Crippen LogP contribution in [0.2, 0.25) is 0 Å². The normalized spacial score (nSPS) is 17.1. The molecule has 2 amide bonds. The summed E-state index contributed by atoms with van der Waals surface area (Å²) in [6.07, 6.45) is 7.18. The molecule has 0 heterocycles. The van der Waals surface area contributed by atoms with Gasteiger partial charge in [0.1, 0.15) is 0 Å². The Morgan fingerprint density at radius 2 is 1.62 bits per heavy atom. The number of hydrogen-bond acceptors (Lipinski definition) is 3. The van der Waals surface area contributed by atoms with E-state index in [4.69, 9.17) is 0 Å². The minimum Gasteiger partial charge on any atom is -0.353 e. The molecule has 0 aromatic heterocycles. The van der Waals surface area contributed by atoms with Crippen LogP contribution >= 0.6 is 0 Å². The summed E-state index contributed by atoms with van der Waals surface area (Å²) in [7, 11) is 4.18. The van der Waals surface area contributed by atoms with Crippen molar-refractivity contribution in [3.63, 3.8) is 0 Å². The van der Waals surface area contributed by atoms with Crippen LogP contribution in [0.4, 0.5) is 0 Å². The van der Waals surface area contributed by atoms with Crippen LogP contribution in [0.25, 0.3) is 0 Å². The standard InChI is InChI=1S/C19H29N3O2/c1-22(2)19(12-8-3-4-9-13-19)15-21-17(23)14-20-18(24)16-10-6-5-7-11-16/h5-7,10-11H,3-4,8-9,12-15H2,1-2H3,(H,20,24)(H,21,23). The third-order valence-electron chi connectivity index (χ3n) is 5.04. The lowest BCUT2D eigenvalue weighted by Gasteiger charge is -2.39. The lowest BCUT2D eigenvalue weighted by atomic mass is 9.88. The van der Waals surface area contributed by atoms with Gasteiger partial charge in [0.2, 0.25) is 5.91 Å². The minimum atomic E-state index is -0.220. The fraction of sp³-hybridized carbons (Fsp3) is 0.579. The van der Waals surface area contributed by atoms with Crippen LogP contribution in [0.3, 0.4) is 0 Å². The lowest BCUT2D eigenvalue weighted by Crippen LogP contribution is -2.53. The SMILES string of the molecule is CN(C)C1(CNC(=O)CNC(=O)c2ccccc2)CCCCCC1. The van der Waals surface area contributed by atoms with E-state index in [1.807, 2.05) is 18.2 Å². The molecule has 0 aliphatic heterocycles. The van der Waals surface area contributed by atoms with Crippen LogP contribution in [-0.4, -0.2) is 49.4 Å². The van der Waals surface area contributed by atoms with E-state index in [0.717, 1.165) is 12.8 Å². The van der Waals surface area contributed by atoms with E-state index in [1.54, 1.807) is 12.1 Å². The van der Waals surface area contributed by atoms with E-state index in [1.165, 1.54) is 25.7 Å². The van der Waals surface area contributed by atoms with E-state index in [2.05, 4.69) is 29.6 Å². The van der Waals surface area contributed by atoms with Crippen molar-refractivity contribution in [2.24, 2.45) is 0 Å². The van der Waals surface area contributed by atoms with Crippen LogP contribution in [0.15, 0.2) is 30.3 Å². The van der Waals surface area contributed by atoms with Crippen LogP contribution in [0, 0.1) is 0 Å². The highest BCUT2D eigenvalue weighted by atomic mass is 16.2. The number of benzene rings is 1. The van der Waals surface area contributed by atoms with Crippen molar-refractivity contribution in [3.8, 4) is 0 Å². The van der Waals surface area contributed by atoms with Crippen molar-refractivity contribution < 1.29 is 9.59 Å². The summed E-state index contributed by atoms with van der Waals surface area (Å²) in [5.74, 6) is -0.354.